The zero-order valence-electron chi connectivity index (χ0n) is 14.4. The number of hydrogen-bond donors (Lipinski definition) is 1. The van der Waals surface area contributed by atoms with E-state index in [1.807, 2.05) is 54.5 Å². The molecule has 1 fully saturated rings. The van der Waals surface area contributed by atoms with E-state index in [0.29, 0.717) is 32.4 Å². The second kappa shape index (κ2) is 7.92. The Balaban J connectivity index is 1.74. The summed E-state index contributed by atoms with van der Waals surface area (Å²) in [6, 6.07) is 11.6. The van der Waals surface area contributed by atoms with Crippen LogP contribution in [0.5, 0.6) is 0 Å². The van der Waals surface area contributed by atoms with E-state index < -0.39 is 0 Å². The Morgan fingerprint density at radius 2 is 2.08 bits per heavy atom. The first-order valence-corrected chi connectivity index (χ1v) is 8.65. The highest BCUT2D eigenvalue weighted by Crippen LogP contribution is 2.26. The number of aryl methyl sites for hydroxylation is 2. The second-order valence-corrected chi connectivity index (χ2v) is 6.44. The molecule has 1 aliphatic heterocycles. The number of carbonyl (C=O) groups excluding carboxylic acids is 2. The third-order valence-electron chi connectivity index (χ3n) is 4.49. The maximum absolute atomic E-state index is 12.9. The summed E-state index contributed by atoms with van der Waals surface area (Å²) >= 11 is 0. The molecule has 2 heterocycles. The normalized spacial score (nSPS) is 17.7. The van der Waals surface area contributed by atoms with Crippen molar-refractivity contribution in [2.45, 2.75) is 32.2 Å². The highest BCUT2D eigenvalue weighted by molar-refractivity contribution is 5.81. The summed E-state index contributed by atoms with van der Waals surface area (Å²) in [5, 5.41) is 2.87. The standard InChI is InChI=1S/C20H23N3O2/c1-15-11-16(14-21-13-15)7-8-20(25)23-10-9-22-19(24)12-18(23)17-5-3-2-4-6-17/h2-6,11,13-14,18H,7-10,12H2,1H3,(H,22,24). The van der Waals surface area contributed by atoms with Crippen LogP contribution in [-0.4, -0.2) is 34.8 Å². The topological polar surface area (TPSA) is 62.3 Å². The highest BCUT2D eigenvalue weighted by Gasteiger charge is 2.29. The fourth-order valence-corrected chi connectivity index (χ4v) is 3.25. The van der Waals surface area contributed by atoms with E-state index in [9.17, 15) is 9.59 Å². The average Bonchev–Trinajstić information content (AvgIpc) is 2.82. The minimum Gasteiger partial charge on any atom is -0.354 e. The van der Waals surface area contributed by atoms with Crippen molar-refractivity contribution in [2.24, 2.45) is 0 Å². The molecular formula is C20H23N3O2. The molecule has 25 heavy (non-hydrogen) atoms. The number of nitrogens with zero attached hydrogens (tertiary/aromatic N) is 2. The summed E-state index contributed by atoms with van der Waals surface area (Å²) in [5.74, 6) is 0.0684. The van der Waals surface area contributed by atoms with Crippen LogP contribution in [0.4, 0.5) is 0 Å². The number of nitrogens with one attached hydrogen (secondary N) is 1. The molecular weight excluding hydrogens is 314 g/mol. The van der Waals surface area contributed by atoms with Gasteiger partial charge in [-0.2, -0.15) is 0 Å². The van der Waals surface area contributed by atoms with Crippen molar-refractivity contribution in [3.63, 3.8) is 0 Å². The number of hydrogen-bond acceptors (Lipinski definition) is 3. The van der Waals surface area contributed by atoms with E-state index >= 15 is 0 Å². The Bertz CT molecular complexity index is 746. The quantitative estimate of drug-likeness (QED) is 0.932. The molecule has 0 radical (unpaired) electrons. The highest BCUT2D eigenvalue weighted by atomic mass is 16.2. The lowest BCUT2D eigenvalue weighted by molar-refractivity contribution is -0.133. The molecule has 1 atom stereocenters. The lowest BCUT2D eigenvalue weighted by atomic mass is 10.0. The molecule has 5 heteroatoms. The lowest BCUT2D eigenvalue weighted by Gasteiger charge is -2.29. The number of rotatable bonds is 4. The van der Waals surface area contributed by atoms with Gasteiger partial charge < -0.3 is 10.2 Å². The van der Waals surface area contributed by atoms with Gasteiger partial charge >= 0.3 is 0 Å². The Kier molecular flexibility index (Phi) is 5.43. The molecule has 0 spiro atoms. The predicted octanol–water partition coefficient (Wildman–Crippen LogP) is 2.41. The number of carbonyl (C=O) groups is 2. The average molecular weight is 337 g/mol. The fraction of sp³-hybridized carbons (Fsp3) is 0.350. The molecule has 5 nitrogen and oxygen atoms in total. The largest absolute Gasteiger partial charge is 0.354 e. The number of benzene rings is 1. The van der Waals surface area contributed by atoms with Gasteiger partial charge in [0, 0.05) is 31.9 Å². The maximum atomic E-state index is 12.9. The van der Waals surface area contributed by atoms with E-state index in [2.05, 4.69) is 16.4 Å². The molecule has 3 rings (SSSR count). The summed E-state index contributed by atoms with van der Waals surface area (Å²) < 4.78 is 0. The van der Waals surface area contributed by atoms with E-state index in [-0.39, 0.29) is 17.9 Å². The van der Waals surface area contributed by atoms with E-state index in [1.54, 1.807) is 0 Å². The summed E-state index contributed by atoms with van der Waals surface area (Å²) in [4.78, 5) is 30.9. The van der Waals surface area contributed by atoms with Crippen LogP contribution in [-0.2, 0) is 16.0 Å². The summed E-state index contributed by atoms with van der Waals surface area (Å²) in [6.45, 7) is 3.03. The molecule has 2 amide bonds. The number of pyridine rings is 1. The Morgan fingerprint density at radius 3 is 2.84 bits per heavy atom. The van der Waals surface area contributed by atoms with Gasteiger partial charge in [-0.15, -0.1) is 0 Å². The van der Waals surface area contributed by atoms with Crippen molar-refractivity contribution in [1.29, 1.82) is 0 Å². The third-order valence-corrected chi connectivity index (χ3v) is 4.49. The second-order valence-electron chi connectivity index (χ2n) is 6.44. The predicted molar refractivity (Wildman–Crippen MR) is 95.8 cm³/mol. The molecule has 130 valence electrons. The van der Waals surface area contributed by atoms with Crippen LogP contribution >= 0.6 is 0 Å². The first kappa shape index (κ1) is 17.1. The summed E-state index contributed by atoms with van der Waals surface area (Å²) in [7, 11) is 0. The summed E-state index contributed by atoms with van der Waals surface area (Å²) in [6.07, 6.45) is 5.00. The van der Waals surface area contributed by atoms with Gasteiger partial charge in [-0.05, 0) is 30.0 Å². The van der Waals surface area contributed by atoms with Crippen molar-refractivity contribution in [2.75, 3.05) is 13.1 Å². The molecule has 1 saturated heterocycles. The van der Waals surface area contributed by atoms with Crippen molar-refractivity contribution in [3.05, 3.63) is 65.5 Å². The molecule has 0 aliphatic carbocycles. The number of amides is 2. The molecule has 1 unspecified atom stereocenters. The van der Waals surface area contributed by atoms with Gasteiger partial charge in [0.05, 0.1) is 12.5 Å². The maximum Gasteiger partial charge on any atom is 0.223 e. The molecule has 1 aliphatic rings. The van der Waals surface area contributed by atoms with Crippen molar-refractivity contribution >= 4 is 11.8 Å². The zero-order chi connectivity index (χ0) is 17.6. The van der Waals surface area contributed by atoms with Crippen LogP contribution < -0.4 is 5.32 Å². The fourth-order valence-electron chi connectivity index (χ4n) is 3.25. The summed E-state index contributed by atoms with van der Waals surface area (Å²) in [5.41, 5.74) is 3.16. The van der Waals surface area contributed by atoms with Gasteiger partial charge in [-0.1, -0.05) is 36.4 Å². The SMILES string of the molecule is Cc1cncc(CCC(=O)N2CCNC(=O)CC2c2ccccc2)c1. The monoisotopic (exact) mass is 337 g/mol. The molecule has 0 bridgehead atoms. The van der Waals surface area contributed by atoms with Crippen LogP contribution in [0.3, 0.4) is 0 Å². The Morgan fingerprint density at radius 1 is 1.28 bits per heavy atom. The van der Waals surface area contributed by atoms with Gasteiger partial charge in [0.25, 0.3) is 0 Å². The van der Waals surface area contributed by atoms with E-state index in [1.165, 1.54) is 0 Å². The first-order valence-electron chi connectivity index (χ1n) is 8.65. The van der Waals surface area contributed by atoms with Gasteiger partial charge in [-0.25, -0.2) is 0 Å². The lowest BCUT2D eigenvalue weighted by Crippen LogP contribution is -2.36. The van der Waals surface area contributed by atoms with Crippen LogP contribution in [0.2, 0.25) is 0 Å². The van der Waals surface area contributed by atoms with Gasteiger partial charge in [0.1, 0.15) is 0 Å². The molecule has 1 aromatic heterocycles. The first-order chi connectivity index (χ1) is 12.1. The van der Waals surface area contributed by atoms with Gasteiger partial charge in [-0.3, -0.25) is 14.6 Å². The van der Waals surface area contributed by atoms with Crippen LogP contribution in [0, 0.1) is 6.92 Å². The Labute approximate surface area is 148 Å². The minimum absolute atomic E-state index is 0.00737. The van der Waals surface area contributed by atoms with Crippen LogP contribution in [0.1, 0.15) is 35.6 Å². The Hall–Kier alpha value is -2.69. The molecule has 1 N–H and O–H groups in total. The van der Waals surface area contributed by atoms with Gasteiger partial charge in [0.15, 0.2) is 0 Å². The van der Waals surface area contributed by atoms with Gasteiger partial charge in [0.2, 0.25) is 11.8 Å². The van der Waals surface area contributed by atoms with Crippen molar-refractivity contribution in [1.82, 2.24) is 15.2 Å². The van der Waals surface area contributed by atoms with Crippen LogP contribution in [0.15, 0.2) is 48.8 Å². The van der Waals surface area contributed by atoms with Crippen molar-refractivity contribution in [3.8, 4) is 0 Å². The van der Waals surface area contributed by atoms with E-state index in [0.717, 1.165) is 16.7 Å². The zero-order valence-corrected chi connectivity index (χ0v) is 14.4. The van der Waals surface area contributed by atoms with Crippen molar-refractivity contribution < 1.29 is 9.59 Å². The third kappa shape index (κ3) is 4.44. The van der Waals surface area contributed by atoms with Crippen LogP contribution in [0.25, 0.3) is 0 Å². The van der Waals surface area contributed by atoms with E-state index in [4.69, 9.17) is 0 Å². The molecule has 0 saturated carbocycles. The minimum atomic E-state index is -0.202. The molecule has 2 aromatic rings. The molecule has 1 aromatic carbocycles. The number of aromatic nitrogens is 1. The smallest absolute Gasteiger partial charge is 0.223 e.